The first-order chi connectivity index (χ1) is 12.7. The van der Waals surface area contributed by atoms with Gasteiger partial charge in [-0.25, -0.2) is 0 Å². The minimum absolute atomic E-state index is 0.175. The van der Waals surface area contributed by atoms with Gasteiger partial charge in [0, 0.05) is 11.3 Å². The van der Waals surface area contributed by atoms with Gasteiger partial charge in [-0.2, -0.15) is 0 Å². The second-order valence-corrected chi connectivity index (χ2v) is 6.11. The number of aryl methyl sites for hydroxylation is 1. The SMILES string of the molecule is C=C(CCc1ccccc1)NNC(=O)c1ccc(-c2ccccc2)cc1. The van der Waals surface area contributed by atoms with Crippen LogP contribution in [0, 0.1) is 0 Å². The Bertz CT molecular complexity index is 856. The van der Waals surface area contributed by atoms with Crippen molar-refractivity contribution in [2.75, 3.05) is 0 Å². The zero-order valence-corrected chi connectivity index (χ0v) is 14.6. The first kappa shape index (κ1) is 17.5. The van der Waals surface area contributed by atoms with Gasteiger partial charge in [0.15, 0.2) is 0 Å². The predicted octanol–water partition coefficient (Wildman–Crippen LogP) is 4.73. The molecule has 0 atom stereocenters. The van der Waals surface area contributed by atoms with Crippen LogP contribution in [0.4, 0.5) is 0 Å². The summed E-state index contributed by atoms with van der Waals surface area (Å²) in [4.78, 5) is 12.3. The molecule has 0 bridgehead atoms. The van der Waals surface area contributed by atoms with Crippen molar-refractivity contribution >= 4 is 5.91 Å². The lowest BCUT2D eigenvalue weighted by molar-refractivity contribution is 0.0938. The fourth-order valence-corrected chi connectivity index (χ4v) is 2.66. The molecule has 3 nitrogen and oxygen atoms in total. The van der Waals surface area contributed by atoms with E-state index in [1.54, 1.807) is 0 Å². The van der Waals surface area contributed by atoms with Crippen molar-refractivity contribution in [3.63, 3.8) is 0 Å². The van der Waals surface area contributed by atoms with Gasteiger partial charge >= 0.3 is 0 Å². The van der Waals surface area contributed by atoms with Crippen LogP contribution in [0.25, 0.3) is 11.1 Å². The summed E-state index contributed by atoms with van der Waals surface area (Å²) in [6.45, 7) is 3.96. The maximum Gasteiger partial charge on any atom is 0.269 e. The second-order valence-electron chi connectivity index (χ2n) is 6.11. The van der Waals surface area contributed by atoms with Gasteiger partial charge in [0.1, 0.15) is 0 Å². The number of rotatable bonds is 7. The summed E-state index contributed by atoms with van der Waals surface area (Å²) in [5, 5.41) is 0. The van der Waals surface area contributed by atoms with Crippen molar-refractivity contribution in [3.05, 3.63) is 108 Å². The lowest BCUT2D eigenvalue weighted by Crippen LogP contribution is -2.36. The first-order valence-electron chi connectivity index (χ1n) is 8.66. The average Bonchev–Trinajstić information content (AvgIpc) is 2.72. The molecule has 3 aromatic rings. The largest absolute Gasteiger partial charge is 0.303 e. The van der Waals surface area contributed by atoms with E-state index in [0.29, 0.717) is 5.56 Å². The molecule has 0 heterocycles. The average molecular weight is 342 g/mol. The molecule has 0 saturated carbocycles. The molecule has 3 aromatic carbocycles. The summed E-state index contributed by atoms with van der Waals surface area (Å²) in [6.07, 6.45) is 1.64. The van der Waals surface area contributed by atoms with Crippen LogP contribution >= 0.6 is 0 Å². The minimum Gasteiger partial charge on any atom is -0.303 e. The van der Waals surface area contributed by atoms with Gasteiger partial charge in [-0.3, -0.25) is 10.2 Å². The summed E-state index contributed by atoms with van der Waals surface area (Å²) in [5.41, 5.74) is 10.5. The third kappa shape index (κ3) is 4.84. The Labute approximate surface area is 154 Å². The molecule has 2 N–H and O–H groups in total. The van der Waals surface area contributed by atoms with Crippen molar-refractivity contribution in [1.29, 1.82) is 0 Å². The lowest BCUT2D eigenvalue weighted by atomic mass is 10.0. The molecule has 3 heteroatoms. The zero-order valence-electron chi connectivity index (χ0n) is 14.6. The highest BCUT2D eigenvalue weighted by molar-refractivity contribution is 5.94. The van der Waals surface area contributed by atoms with Crippen molar-refractivity contribution in [2.24, 2.45) is 0 Å². The number of hydrazine groups is 1. The summed E-state index contributed by atoms with van der Waals surface area (Å²) in [7, 11) is 0. The fourth-order valence-electron chi connectivity index (χ4n) is 2.66. The van der Waals surface area contributed by atoms with E-state index in [1.807, 2.05) is 72.8 Å². The van der Waals surface area contributed by atoms with E-state index in [4.69, 9.17) is 0 Å². The predicted molar refractivity (Wildman–Crippen MR) is 106 cm³/mol. The molecule has 130 valence electrons. The molecule has 0 aliphatic rings. The topological polar surface area (TPSA) is 41.1 Å². The number of hydrogen-bond acceptors (Lipinski definition) is 2. The number of carbonyl (C=O) groups excluding carboxylic acids is 1. The van der Waals surface area contributed by atoms with Gasteiger partial charge in [0.2, 0.25) is 0 Å². The molecule has 0 saturated heterocycles. The van der Waals surface area contributed by atoms with Gasteiger partial charge in [0.05, 0.1) is 0 Å². The Balaban J connectivity index is 1.49. The number of hydrogen-bond donors (Lipinski definition) is 2. The molecule has 1 amide bonds. The number of carbonyl (C=O) groups is 1. The van der Waals surface area contributed by atoms with Gasteiger partial charge in [-0.1, -0.05) is 79.4 Å². The molecule has 0 fully saturated rings. The standard InChI is InChI=1S/C23H22N2O/c1-18(12-13-19-8-4-2-5-9-19)24-25-23(26)22-16-14-21(15-17-22)20-10-6-3-7-11-20/h2-11,14-17,24H,1,12-13H2,(H,25,26). The monoisotopic (exact) mass is 342 g/mol. The van der Waals surface area contributed by atoms with Crippen molar-refractivity contribution in [1.82, 2.24) is 10.9 Å². The van der Waals surface area contributed by atoms with E-state index in [2.05, 4.69) is 29.6 Å². The molecule has 26 heavy (non-hydrogen) atoms. The third-order valence-electron chi connectivity index (χ3n) is 4.17. The Hall–Kier alpha value is -3.33. The number of allylic oxidation sites excluding steroid dienone is 1. The lowest BCUT2D eigenvalue weighted by Gasteiger charge is -2.11. The minimum atomic E-state index is -0.175. The van der Waals surface area contributed by atoms with E-state index in [1.165, 1.54) is 5.56 Å². The van der Waals surface area contributed by atoms with Gasteiger partial charge in [0.25, 0.3) is 5.91 Å². The maximum atomic E-state index is 12.3. The van der Waals surface area contributed by atoms with E-state index in [0.717, 1.165) is 29.7 Å². The Morgan fingerprint density at radius 3 is 1.96 bits per heavy atom. The Kier molecular flexibility index (Phi) is 5.84. The summed E-state index contributed by atoms with van der Waals surface area (Å²) < 4.78 is 0. The molecular formula is C23H22N2O. The molecule has 0 aliphatic heterocycles. The zero-order chi connectivity index (χ0) is 18.2. The van der Waals surface area contributed by atoms with Crippen molar-refractivity contribution in [2.45, 2.75) is 12.8 Å². The highest BCUT2D eigenvalue weighted by Gasteiger charge is 2.06. The van der Waals surface area contributed by atoms with Crippen molar-refractivity contribution in [3.8, 4) is 11.1 Å². The molecule has 3 rings (SSSR count). The van der Waals surface area contributed by atoms with Crippen LogP contribution in [-0.2, 0) is 6.42 Å². The Morgan fingerprint density at radius 1 is 0.731 bits per heavy atom. The number of nitrogens with one attached hydrogen (secondary N) is 2. The van der Waals surface area contributed by atoms with Crippen LogP contribution in [0.15, 0.2) is 97.2 Å². The fraction of sp³-hybridized carbons (Fsp3) is 0.0870. The number of benzene rings is 3. The van der Waals surface area contributed by atoms with Crippen LogP contribution in [0.5, 0.6) is 0 Å². The van der Waals surface area contributed by atoms with Crippen LogP contribution in [0.1, 0.15) is 22.3 Å². The van der Waals surface area contributed by atoms with Crippen LogP contribution in [0.3, 0.4) is 0 Å². The van der Waals surface area contributed by atoms with E-state index in [-0.39, 0.29) is 5.91 Å². The van der Waals surface area contributed by atoms with Gasteiger partial charge < -0.3 is 5.43 Å². The van der Waals surface area contributed by atoms with Gasteiger partial charge in [-0.05, 0) is 41.7 Å². The summed E-state index contributed by atoms with van der Waals surface area (Å²) >= 11 is 0. The van der Waals surface area contributed by atoms with E-state index >= 15 is 0 Å². The van der Waals surface area contributed by atoms with Crippen LogP contribution < -0.4 is 10.9 Å². The maximum absolute atomic E-state index is 12.3. The molecule has 0 aromatic heterocycles. The molecule has 0 spiro atoms. The second kappa shape index (κ2) is 8.67. The molecule has 0 unspecified atom stereocenters. The third-order valence-corrected chi connectivity index (χ3v) is 4.17. The van der Waals surface area contributed by atoms with E-state index < -0.39 is 0 Å². The molecular weight excluding hydrogens is 320 g/mol. The van der Waals surface area contributed by atoms with Crippen LogP contribution in [0.2, 0.25) is 0 Å². The van der Waals surface area contributed by atoms with E-state index in [9.17, 15) is 4.79 Å². The Morgan fingerprint density at radius 2 is 1.31 bits per heavy atom. The highest BCUT2D eigenvalue weighted by Crippen LogP contribution is 2.19. The quantitative estimate of drug-likeness (QED) is 0.609. The summed E-state index contributed by atoms with van der Waals surface area (Å²) in [5.74, 6) is -0.175. The smallest absolute Gasteiger partial charge is 0.269 e. The molecule has 0 radical (unpaired) electrons. The summed E-state index contributed by atoms with van der Waals surface area (Å²) in [6, 6.07) is 27.9. The van der Waals surface area contributed by atoms with Crippen LogP contribution in [-0.4, -0.2) is 5.91 Å². The first-order valence-corrected chi connectivity index (χ1v) is 8.66. The highest BCUT2D eigenvalue weighted by atomic mass is 16.2. The number of amides is 1. The van der Waals surface area contributed by atoms with Gasteiger partial charge in [-0.15, -0.1) is 0 Å². The van der Waals surface area contributed by atoms with Crippen molar-refractivity contribution < 1.29 is 4.79 Å². The normalized spacial score (nSPS) is 10.2. The molecule has 0 aliphatic carbocycles.